The predicted molar refractivity (Wildman–Crippen MR) is 90.1 cm³/mol. The summed E-state index contributed by atoms with van der Waals surface area (Å²) in [5.74, 6) is -0.327. The first-order chi connectivity index (χ1) is 11.1. The maximum absolute atomic E-state index is 12.6. The van der Waals surface area contributed by atoms with Crippen LogP contribution in [-0.2, 0) is 11.2 Å². The van der Waals surface area contributed by atoms with E-state index in [1.165, 1.54) is 17.3 Å². The molecule has 0 bridgehead atoms. The van der Waals surface area contributed by atoms with E-state index in [1.807, 2.05) is 12.1 Å². The molecule has 4 heteroatoms. The largest absolute Gasteiger partial charge is 0.427 e. The highest BCUT2D eigenvalue weighted by Gasteiger charge is 2.19. The van der Waals surface area contributed by atoms with Crippen molar-refractivity contribution in [1.29, 1.82) is 0 Å². The van der Waals surface area contributed by atoms with Gasteiger partial charge in [0, 0.05) is 12.1 Å². The highest BCUT2D eigenvalue weighted by molar-refractivity contribution is 5.79. The molecule has 1 unspecified atom stereocenters. The van der Waals surface area contributed by atoms with Crippen molar-refractivity contribution in [1.82, 2.24) is 4.73 Å². The fraction of sp³-hybridized carbons (Fsp3) is 0.368. The van der Waals surface area contributed by atoms with Crippen molar-refractivity contribution in [3.8, 4) is 0 Å². The standard InChI is InChI=1S/C19H24N2O2/c1-3-4-10-17(14-16-11-6-5-9-15(16)2)19(22)20-18-12-7-8-13-21(18)23/h5-9,11-13,17,23H,3-4,10,14H2,1-2H3. The van der Waals surface area contributed by atoms with Crippen LogP contribution in [0.4, 0.5) is 0 Å². The molecule has 1 atom stereocenters. The second kappa shape index (κ2) is 8.32. The number of rotatable bonds is 6. The lowest BCUT2D eigenvalue weighted by molar-refractivity contribution is -0.122. The predicted octanol–water partition coefficient (Wildman–Crippen LogP) is 3.51. The van der Waals surface area contributed by atoms with Crippen LogP contribution in [0.25, 0.3) is 0 Å². The van der Waals surface area contributed by atoms with E-state index in [0.29, 0.717) is 6.42 Å². The van der Waals surface area contributed by atoms with Gasteiger partial charge in [0.1, 0.15) is 0 Å². The van der Waals surface area contributed by atoms with Crippen LogP contribution < -0.4 is 5.49 Å². The third-order valence-corrected chi connectivity index (χ3v) is 4.03. The number of aryl methyl sites for hydroxylation is 1. The average Bonchev–Trinajstić information content (AvgIpc) is 2.55. The highest BCUT2D eigenvalue weighted by atomic mass is 16.5. The zero-order chi connectivity index (χ0) is 16.7. The molecule has 0 radical (unpaired) electrons. The number of unbranched alkanes of at least 4 members (excludes halogenated alkanes) is 1. The van der Waals surface area contributed by atoms with E-state index in [2.05, 4.69) is 31.0 Å². The third kappa shape index (κ3) is 4.81. The van der Waals surface area contributed by atoms with Gasteiger partial charge in [0.15, 0.2) is 5.49 Å². The lowest BCUT2D eigenvalue weighted by atomic mass is 9.91. The van der Waals surface area contributed by atoms with E-state index >= 15 is 0 Å². The minimum absolute atomic E-state index is 0.156. The Morgan fingerprint density at radius 1 is 1.22 bits per heavy atom. The van der Waals surface area contributed by atoms with Crippen LogP contribution in [0.3, 0.4) is 0 Å². The first kappa shape index (κ1) is 17.0. The van der Waals surface area contributed by atoms with Gasteiger partial charge in [0.05, 0.1) is 0 Å². The first-order valence-electron chi connectivity index (χ1n) is 8.12. The normalized spacial score (nSPS) is 13.0. The fourth-order valence-electron chi connectivity index (χ4n) is 2.59. The smallest absolute Gasteiger partial charge is 0.251 e. The molecule has 1 amide bonds. The number of pyridine rings is 1. The highest BCUT2D eigenvalue weighted by Crippen LogP contribution is 2.19. The molecule has 0 spiro atoms. The van der Waals surface area contributed by atoms with Crippen LogP contribution in [0, 0.1) is 12.8 Å². The molecule has 0 fully saturated rings. The van der Waals surface area contributed by atoms with Gasteiger partial charge in [-0.2, -0.15) is 9.72 Å². The summed E-state index contributed by atoms with van der Waals surface area (Å²) in [7, 11) is 0. The molecule has 4 nitrogen and oxygen atoms in total. The number of carbonyl (C=O) groups is 1. The van der Waals surface area contributed by atoms with E-state index in [4.69, 9.17) is 0 Å². The number of aromatic nitrogens is 1. The number of carbonyl (C=O) groups excluding carboxylic acids is 1. The summed E-state index contributed by atoms with van der Waals surface area (Å²) >= 11 is 0. The van der Waals surface area contributed by atoms with E-state index in [-0.39, 0.29) is 17.3 Å². The monoisotopic (exact) mass is 312 g/mol. The second-order valence-electron chi connectivity index (χ2n) is 5.82. The van der Waals surface area contributed by atoms with Crippen molar-refractivity contribution in [2.75, 3.05) is 0 Å². The SMILES string of the molecule is CCCCC(Cc1ccccc1C)C(=O)N=c1ccccn1O. The van der Waals surface area contributed by atoms with Crippen LogP contribution in [0.2, 0.25) is 0 Å². The minimum Gasteiger partial charge on any atom is -0.427 e. The third-order valence-electron chi connectivity index (χ3n) is 4.03. The van der Waals surface area contributed by atoms with E-state index < -0.39 is 0 Å². The minimum atomic E-state index is -0.171. The molecular weight excluding hydrogens is 288 g/mol. The summed E-state index contributed by atoms with van der Waals surface area (Å²) in [6.07, 6.45) is 5.00. The van der Waals surface area contributed by atoms with Crippen molar-refractivity contribution >= 4 is 5.91 Å². The van der Waals surface area contributed by atoms with Crippen LogP contribution in [0.5, 0.6) is 0 Å². The molecule has 2 rings (SSSR count). The van der Waals surface area contributed by atoms with Gasteiger partial charge in [0.2, 0.25) is 0 Å². The van der Waals surface area contributed by atoms with Crippen LogP contribution in [-0.4, -0.2) is 15.8 Å². The van der Waals surface area contributed by atoms with Gasteiger partial charge < -0.3 is 5.21 Å². The number of hydrogen-bond acceptors (Lipinski definition) is 2. The summed E-state index contributed by atoms with van der Waals surface area (Å²) in [6, 6.07) is 13.2. The van der Waals surface area contributed by atoms with Gasteiger partial charge >= 0.3 is 0 Å². The van der Waals surface area contributed by atoms with Crippen molar-refractivity contribution in [2.24, 2.45) is 10.9 Å². The maximum Gasteiger partial charge on any atom is 0.251 e. The van der Waals surface area contributed by atoms with E-state index in [0.717, 1.165) is 24.0 Å². The summed E-state index contributed by atoms with van der Waals surface area (Å²) < 4.78 is 0.878. The number of benzene rings is 1. The Labute approximate surface area is 137 Å². The zero-order valence-electron chi connectivity index (χ0n) is 13.8. The Morgan fingerprint density at radius 3 is 2.65 bits per heavy atom. The quantitative estimate of drug-likeness (QED) is 0.830. The van der Waals surface area contributed by atoms with Gasteiger partial charge in [-0.05, 0) is 43.0 Å². The van der Waals surface area contributed by atoms with Crippen molar-refractivity contribution in [3.05, 3.63) is 65.3 Å². The maximum atomic E-state index is 12.6. The molecule has 1 aromatic carbocycles. The Balaban J connectivity index is 2.24. The Kier molecular flexibility index (Phi) is 6.15. The van der Waals surface area contributed by atoms with Gasteiger partial charge in [-0.25, -0.2) is 0 Å². The van der Waals surface area contributed by atoms with Gasteiger partial charge in [-0.1, -0.05) is 50.1 Å². The molecule has 0 aliphatic carbocycles. The van der Waals surface area contributed by atoms with E-state index in [1.54, 1.807) is 18.2 Å². The number of hydrogen-bond donors (Lipinski definition) is 1. The zero-order valence-corrected chi connectivity index (χ0v) is 13.8. The Bertz CT molecular complexity index is 719. The van der Waals surface area contributed by atoms with Crippen molar-refractivity contribution < 1.29 is 10.0 Å². The summed E-state index contributed by atoms with van der Waals surface area (Å²) in [5, 5.41) is 9.72. The molecule has 122 valence electrons. The average molecular weight is 312 g/mol. The van der Waals surface area contributed by atoms with Gasteiger partial charge in [0.25, 0.3) is 5.91 Å². The molecule has 0 aliphatic heterocycles. The molecule has 1 N–H and O–H groups in total. The number of nitrogens with zero attached hydrogens (tertiary/aromatic N) is 2. The lowest BCUT2D eigenvalue weighted by Crippen LogP contribution is -2.23. The van der Waals surface area contributed by atoms with E-state index in [9.17, 15) is 10.0 Å². The van der Waals surface area contributed by atoms with Crippen LogP contribution in [0.1, 0.15) is 37.3 Å². The summed E-state index contributed by atoms with van der Waals surface area (Å²) in [6.45, 7) is 4.18. The van der Waals surface area contributed by atoms with Gasteiger partial charge in [-0.3, -0.25) is 4.79 Å². The van der Waals surface area contributed by atoms with Crippen molar-refractivity contribution in [3.63, 3.8) is 0 Å². The Hall–Kier alpha value is -2.36. The Morgan fingerprint density at radius 2 is 1.96 bits per heavy atom. The molecule has 1 heterocycles. The fourth-order valence-corrected chi connectivity index (χ4v) is 2.59. The summed E-state index contributed by atoms with van der Waals surface area (Å²) in [5.41, 5.74) is 2.64. The molecule has 2 aromatic rings. The second-order valence-corrected chi connectivity index (χ2v) is 5.82. The first-order valence-corrected chi connectivity index (χ1v) is 8.12. The molecule has 0 saturated heterocycles. The molecule has 1 aromatic heterocycles. The number of amides is 1. The topological polar surface area (TPSA) is 54.6 Å². The lowest BCUT2D eigenvalue weighted by Gasteiger charge is -2.14. The molecule has 23 heavy (non-hydrogen) atoms. The molecular formula is C19H24N2O2. The van der Waals surface area contributed by atoms with Crippen molar-refractivity contribution in [2.45, 2.75) is 39.5 Å². The summed E-state index contributed by atoms with van der Waals surface area (Å²) in [4.78, 5) is 16.7. The van der Waals surface area contributed by atoms with Crippen LogP contribution >= 0.6 is 0 Å². The molecule has 0 aliphatic rings. The molecule has 0 saturated carbocycles. The van der Waals surface area contributed by atoms with Crippen LogP contribution in [0.15, 0.2) is 53.7 Å². The van der Waals surface area contributed by atoms with Gasteiger partial charge in [-0.15, -0.1) is 0 Å².